The third kappa shape index (κ3) is 9.54. The summed E-state index contributed by atoms with van der Waals surface area (Å²) in [6, 6.07) is -1.78. The average Bonchev–Trinajstić information content (AvgIpc) is 3.35. The van der Waals surface area contributed by atoms with Crippen LogP contribution in [-0.4, -0.2) is 67.2 Å². The van der Waals surface area contributed by atoms with E-state index in [0.29, 0.717) is 24.8 Å². The zero-order valence-electron chi connectivity index (χ0n) is 26.4. The number of rotatable bonds is 13. The molecule has 3 amide bonds. The molecule has 9 nitrogen and oxygen atoms in total. The molecule has 0 bridgehead atoms. The average molecular weight is 566 g/mol. The summed E-state index contributed by atoms with van der Waals surface area (Å²) in [6.07, 6.45) is 10.8. The molecule has 0 aromatic carbocycles. The van der Waals surface area contributed by atoms with Crippen molar-refractivity contribution in [2.45, 2.75) is 130 Å². The van der Waals surface area contributed by atoms with E-state index in [0.717, 1.165) is 44.9 Å². The fourth-order valence-corrected chi connectivity index (χ4v) is 6.51. The zero-order chi connectivity index (χ0) is 30.5. The summed E-state index contributed by atoms with van der Waals surface area (Å²) in [5.74, 6) is 0.129. The van der Waals surface area contributed by atoms with Crippen LogP contribution in [0.25, 0.3) is 0 Å². The van der Waals surface area contributed by atoms with Gasteiger partial charge in [0.2, 0.25) is 17.7 Å². The van der Waals surface area contributed by atoms with Gasteiger partial charge >= 0.3 is 0 Å². The lowest BCUT2D eigenvalue weighted by Crippen LogP contribution is -2.57. The zero-order valence-corrected chi connectivity index (χ0v) is 26.4. The fraction of sp³-hybridized carbons (Fsp3) is 0.871. The number of amides is 3. The van der Waals surface area contributed by atoms with Crippen molar-refractivity contribution in [3.8, 4) is 0 Å². The largest absolute Gasteiger partial charge is 0.359 e. The first kappa shape index (κ1) is 36.0. The number of carbonyl (C=O) groups excluding carboxylic acids is 4. The molecular formula is C31H59N5O4. The van der Waals surface area contributed by atoms with E-state index in [2.05, 4.69) is 30.2 Å². The first-order valence-corrected chi connectivity index (χ1v) is 15.8. The van der Waals surface area contributed by atoms with E-state index in [4.69, 9.17) is 5.73 Å². The number of ketones is 1. The number of carbonyl (C=O) groups is 4. The minimum atomic E-state index is -0.633. The molecule has 4 atom stereocenters. The first-order chi connectivity index (χ1) is 19.1. The van der Waals surface area contributed by atoms with Crippen molar-refractivity contribution in [3.63, 3.8) is 0 Å². The molecule has 2 aliphatic carbocycles. The van der Waals surface area contributed by atoms with Gasteiger partial charge in [0, 0.05) is 25.9 Å². The van der Waals surface area contributed by atoms with Gasteiger partial charge in [-0.3, -0.25) is 19.2 Å². The van der Waals surface area contributed by atoms with Gasteiger partial charge in [-0.15, -0.1) is 0 Å². The highest BCUT2D eigenvalue weighted by molar-refractivity contribution is 5.95. The second kappa shape index (κ2) is 17.7. The maximum atomic E-state index is 13.8. The van der Waals surface area contributed by atoms with Crippen molar-refractivity contribution in [2.24, 2.45) is 34.6 Å². The molecule has 2 unspecified atom stereocenters. The van der Waals surface area contributed by atoms with E-state index in [-0.39, 0.29) is 41.3 Å². The molecular weight excluding hydrogens is 506 g/mol. The fourth-order valence-electron chi connectivity index (χ4n) is 6.51. The van der Waals surface area contributed by atoms with Gasteiger partial charge in [0.05, 0.1) is 12.1 Å². The molecule has 2 saturated carbocycles. The van der Waals surface area contributed by atoms with E-state index in [1.807, 2.05) is 13.8 Å². The highest BCUT2D eigenvalue weighted by atomic mass is 16.2. The summed E-state index contributed by atoms with van der Waals surface area (Å²) in [5.41, 5.74) is 10.9. The number of Topliss-reactive ketones (excluding diaryl/α,β-unsaturated/α-hetero) is 1. The van der Waals surface area contributed by atoms with Crippen LogP contribution in [0.15, 0.2) is 0 Å². The van der Waals surface area contributed by atoms with Crippen molar-refractivity contribution in [1.29, 1.82) is 0 Å². The van der Waals surface area contributed by atoms with Crippen molar-refractivity contribution < 1.29 is 19.2 Å². The van der Waals surface area contributed by atoms with Gasteiger partial charge in [-0.2, -0.15) is 0 Å². The van der Waals surface area contributed by atoms with E-state index in [9.17, 15) is 19.2 Å². The first-order valence-electron chi connectivity index (χ1n) is 15.8. The van der Waals surface area contributed by atoms with E-state index in [1.54, 1.807) is 18.9 Å². The predicted octanol–water partition coefficient (Wildman–Crippen LogP) is 3.53. The molecule has 1 heterocycles. The molecule has 9 heteroatoms. The van der Waals surface area contributed by atoms with Crippen molar-refractivity contribution in [2.75, 3.05) is 20.6 Å². The maximum Gasteiger partial charge on any atom is 0.245 e. The standard InChI is InChI=1S/C28H48N4O4.C2H6.CH5N/c1-18(2)21-12-15-32(24(21)25(34)19(3)29)27(36)22(10-7-5-6-8-11-23(33)30-4)31-26(35)20-16-28(17-20)13-9-14-28;2*1-2/h18-22,24H,5-17,29H2,1-4H3,(H,30,33)(H,31,35);1-2H3;2H2,1H3/t19?,21-,22+,24?;;/m1../s1. The van der Waals surface area contributed by atoms with Gasteiger partial charge in [-0.05, 0) is 76.2 Å². The van der Waals surface area contributed by atoms with Gasteiger partial charge < -0.3 is 27.0 Å². The molecule has 232 valence electrons. The van der Waals surface area contributed by atoms with Crippen LogP contribution in [-0.2, 0) is 19.2 Å². The highest BCUT2D eigenvalue weighted by Gasteiger charge is 2.51. The second-order valence-corrected chi connectivity index (χ2v) is 12.0. The number of nitrogens with one attached hydrogen (secondary N) is 2. The summed E-state index contributed by atoms with van der Waals surface area (Å²) < 4.78 is 0. The number of nitrogens with two attached hydrogens (primary N) is 2. The molecule has 3 fully saturated rings. The Hall–Kier alpha value is -2.00. The summed E-state index contributed by atoms with van der Waals surface area (Å²) in [5, 5.41) is 5.73. The van der Waals surface area contributed by atoms with Crippen LogP contribution in [0.5, 0.6) is 0 Å². The van der Waals surface area contributed by atoms with Crippen LogP contribution in [0.2, 0.25) is 0 Å². The van der Waals surface area contributed by atoms with Crippen molar-refractivity contribution >= 4 is 23.5 Å². The van der Waals surface area contributed by atoms with Crippen molar-refractivity contribution in [3.05, 3.63) is 0 Å². The van der Waals surface area contributed by atoms with Crippen LogP contribution >= 0.6 is 0 Å². The van der Waals surface area contributed by atoms with Gasteiger partial charge in [0.25, 0.3) is 0 Å². The molecule has 0 radical (unpaired) electrons. The molecule has 1 saturated heterocycles. The third-order valence-corrected chi connectivity index (χ3v) is 9.01. The Balaban J connectivity index is 0.00000191. The summed E-state index contributed by atoms with van der Waals surface area (Å²) in [4.78, 5) is 53.2. The minimum Gasteiger partial charge on any atom is -0.359 e. The summed E-state index contributed by atoms with van der Waals surface area (Å²) in [6.45, 7) is 10.4. The van der Waals surface area contributed by atoms with Crippen LogP contribution < -0.4 is 22.1 Å². The SMILES string of the molecule is CC.CN.CNC(=O)CCCCCC[C@H](NC(=O)C1CC2(CCC2)C1)C(=O)N1CC[C@H](C(C)C)C1C(=O)C(C)N. The Bertz CT molecular complexity index is 804. The normalized spacial score (nSPS) is 22.5. The topological polar surface area (TPSA) is 148 Å². The lowest BCUT2D eigenvalue weighted by atomic mass is 9.51. The van der Waals surface area contributed by atoms with Crippen LogP contribution in [0.3, 0.4) is 0 Å². The van der Waals surface area contributed by atoms with E-state index in [1.165, 1.54) is 26.3 Å². The lowest BCUT2D eigenvalue weighted by molar-refractivity contribution is -0.145. The lowest BCUT2D eigenvalue weighted by Gasteiger charge is -2.53. The Morgan fingerprint density at radius 2 is 1.57 bits per heavy atom. The van der Waals surface area contributed by atoms with Crippen LogP contribution in [0.1, 0.15) is 112 Å². The molecule has 40 heavy (non-hydrogen) atoms. The Morgan fingerprint density at radius 3 is 2.08 bits per heavy atom. The Morgan fingerprint density at radius 1 is 0.975 bits per heavy atom. The number of hydrogen-bond acceptors (Lipinski definition) is 6. The molecule has 1 spiro atoms. The van der Waals surface area contributed by atoms with Gasteiger partial charge in [-0.1, -0.05) is 53.4 Å². The van der Waals surface area contributed by atoms with Crippen LogP contribution in [0.4, 0.5) is 0 Å². The number of unbranched alkanes of at least 4 members (excludes halogenated alkanes) is 3. The minimum absolute atomic E-state index is 0.00311. The Labute approximate surface area is 243 Å². The third-order valence-electron chi connectivity index (χ3n) is 9.01. The molecule has 0 aromatic heterocycles. The number of nitrogens with zero attached hydrogens (tertiary/aromatic N) is 1. The Kier molecular flexibility index (Phi) is 16.0. The van der Waals surface area contributed by atoms with E-state index >= 15 is 0 Å². The van der Waals surface area contributed by atoms with Gasteiger partial charge in [0.1, 0.15) is 6.04 Å². The quantitative estimate of drug-likeness (QED) is 0.251. The molecule has 1 aliphatic heterocycles. The van der Waals surface area contributed by atoms with Gasteiger partial charge in [0.15, 0.2) is 5.78 Å². The second-order valence-electron chi connectivity index (χ2n) is 12.0. The molecule has 0 aromatic rings. The molecule has 3 rings (SSSR count). The van der Waals surface area contributed by atoms with E-state index < -0.39 is 18.1 Å². The highest BCUT2D eigenvalue weighted by Crippen LogP contribution is 2.58. The van der Waals surface area contributed by atoms with Crippen molar-refractivity contribution in [1.82, 2.24) is 15.5 Å². The molecule has 3 aliphatic rings. The maximum absolute atomic E-state index is 13.8. The van der Waals surface area contributed by atoms with Gasteiger partial charge in [-0.25, -0.2) is 0 Å². The summed E-state index contributed by atoms with van der Waals surface area (Å²) in [7, 11) is 3.14. The smallest absolute Gasteiger partial charge is 0.245 e. The molecule has 6 N–H and O–H groups in total. The predicted molar refractivity (Wildman–Crippen MR) is 161 cm³/mol. The summed E-state index contributed by atoms with van der Waals surface area (Å²) >= 11 is 0. The monoisotopic (exact) mass is 565 g/mol. The number of hydrogen-bond donors (Lipinski definition) is 4. The van der Waals surface area contributed by atoms with Crippen LogP contribution in [0, 0.1) is 23.2 Å². The number of likely N-dealkylation sites (tertiary alicyclic amines) is 1.